The molecule has 29 heavy (non-hydrogen) atoms. The van der Waals surface area contributed by atoms with Gasteiger partial charge in [-0.2, -0.15) is 5.10 Å². The Morgan fingerprint density at radius 1 is 1.07 bits per heavy atom. The van der Waals surface area contributed by atoms with Crippen LogP contribution in [-0.4, -0.2) is 56.2 Å². The van der Waals surface area contributed by atoms with Gasteiger partial charge in [-0.25, -0.2) is 4.98 Å². The van der Waals surface area contributed by atoms with Gasteiger partial charge in [0.25, 0.3) is 0 Å². The lowest BCUT2D eigenvalue weighted by Gasteiger charge is -2.34. The van der Waals surface area contributed by atoms with Crippen LogP contribution in [-0.2, 0) is 0 Å². The molecule has 1 unspecified atom stereocenters. The third kappa shape index (κ3) is 4.44. The standard InChI is InChI=1S/C19H21N7O.2ClH/c27-17-7-13(14-9-22-23-10-14)8-21-19(17)15-3-4-18(25-24-15)26-6-5-20-16(11-26)12-1-2-12;;/h3-4,7-10,12,16,20,27H,1-2,5-6,11H2,(H,22,23);2*1H. The molecular formula is C19H23Cl2N7O. The second kappa shape index (κ2) is 8.94. The van der Waals surface area contributed by atoms with Crippen molar-refractivity contribution in [1.82, 2.24) is 30.7 Å². The molecule has 2 aliphatic rings. The first-order valence-electron chi connectivity index (χ1n) is 9.28. The summed E-state index contributed by atoms with van der Waals surface area (Å²) in [4.78, 5) is 6.66. The van der Waals surface area contributed by atoms with Crippen LogP contribution in [0.2, 0.25) is 0 Å². The molecule has 2 fully saturated rings. The van der Waals surface area contributed by atoms with Gasteiger partial charge in [0.05, 0.1) is 6.20 Å². The summed E-state index contributed by atoms with van der Waals surface area (Å²) in [5, 5.41) is 29.4. The fraction of sp³-hybridized carbons (Fsp3) is 0.368. The van der Waals surface area contributed by atoms with E-state index in [2.05, 4.69) is 35.6 Å². The zero-order valence-electron chi connectivity index (χ0n) is 15.7. The number of aromatic hydroxyl groups is 1. The fourth-order valence-corrected chi connectivity index (χ4v) is 3.64. The van der Waals surface area contributed by atoms with Crippen LogP contribution in [0.15, 0.2) is 36.8 Å². The molecule has 0 bridgehead atoms. The Hall–Kier alpha value is -2.42. The molecule has 1 saturated carbocycles. The Labute approximate surface area is 181 Å². The van der Waals surface area contributed by atoms with E-state index in [1.165, 1.54) is 12.8 Å². The molecule has 0 aromatic carbocycles. The van der Waals surface area contributed by atoms with Gasteiger partial charge < -0.3 is 15.3 Å². The lowest BCUT2D eigenvalue weighted by atomic mass is 10.1. The first kappa shape index (κ1) is 21.3. The molecule has 3 N–H and O–H groups in total. The van der Waals surface area contributed by atoms with Crippen LogP contribution in [0.4, 0.5) is 5.82 Å². The highest BCUT2D eigenvalue weighted by Crippen LogP contribution is 2.34. The Kier molecular flexibility index (Phi) is 6.56. The monoisotopic (exact) mass is 435 g/mol. The quantitative estimate of drug-likeness (QED) is 0.578. The molecule has 3 aromatic rings. The SMILES string of the molecule is Cl.Cl.Oc1cc(-c2cn[nH]c2)cnc1-c1ccc(N2CCNC(C3CC3)C2)nn1. The summed E-state index contributed by atoms with van der Waals surface area (Å²) >= 11 is 0. The van der Waals surface area contributed by atoms with Crippen LogP contribution < -0.4 is 10.2 Å². The summed E-state index contributed by atoms with van der Waals surface area (Å²) in [5.74, 6) is 1.77. The third-order valence-corrected chi connectivity index (χ3v) is 5.31. The van der Waals surface area contributed by atoms with Gasteiger partial charge >= 0.3 is 0 Å². The van der Waals surface area contributed by atoms with Gasteiger partial charge in [0.15, 0.2) is 5.82 Å². The summed E-state index contributed by atoms with van der Waals surface area (Å²) in [6.45, 7) is 2.88. The van der Waals surface area contributed by atoms with E-state index in [1.54, 1.807) is 24.7 Å². The predicted molar refractivity (Wildman–Crippen MR) is 116 cm³/mol. The number of anilines is 1. The topological polar surface area (TPSA) is 103 Å². The number of halogens is 2. The maximum atomic E-state index is 10.4. The first-order valence-corrected chi connectivity index (χ1v) is 9.28. The number of H-pyrrole nitrogens is 1. The summed E-state index contributed by atoms with van der Waals surface area (Å²) in [7, 11) is 0. The number of aromatic nitrogens is 5. The van der Waals surface area contributed by atoms with Crippen molar-refractivity contribution in [1.29, 1.82) is 0 Å². The Morgan fingerprint density at radius 3 is 2.59 bits per heavy atom. The van der Waals surface area contributed by atoms with Crippen molar-refractivity contribution in [3.63, 3.8) is 0 Å². The van der Waals surface area contributed by atoms with Crippen LogP contribution in [0.1, 0.15) is 12.8 Å². The largest absolute Gasteiger partial charge is 0.506 e. The summed E-state index contributed by atoms with van der Waals surface area (Å²) in [6, 6.07) is 6.05. The van der Waals surface area contributed by atoms with Gasteiger partial charge in [-0.1, -0.05) is 0 Å². The number of aromatic amines is 1. The predicted octanol–water partition coefficient (Wildman–Crippen LogP) is 2.67. The van der Waals surface area contributed by atoms with Crippen molar-refractivity contribution in [2.24, 2.45) is 5.92 Å². The minimum absolute atomic E-state index is 0. The molecule has 1 aliphatic carbocycles. The van der Waals surface area contributed by atoms with E-state index >= 15 is 0 Å². The summed E-state index contributed by atoms with van der Waals surface area (Å²) in [5.41, 5.74) is 2.65. The van der Waals surface area contributed by atoms with Gasteiger partial charge in [-0.05, 0) is 37.0 Å². The molecule has 3 aromatic heterocycles. The van der Waals surface area contributed by atoms with Gasteiger partial charge in [0.1, 0.15) is 17.1 Å². The molecule has 0 spiro atoms. The van der Waals surface area contributed by atoms with Crippen LogP contribution in [0.25, 0.3) is 22.5 Å². The van der Waals surface area contributed by atoms with Crippen molar-refractivity contribution in [3.05, 3.63) is 36.8 Å². The third-order valence-electron chi connectivity index (χ3n) is 5.31. The lowest BCUT2D eigenvalue weighted by Crippen LogP contribution is -2.52. The highest BCUT2D eigenvalue weighted by atomic mass is 35.5. The number of hydrogen-bond acceptors (Lipinski definition) is 7. The highest BCUT2D eigenvalue weighted by Gasteiger charge is 2.34. The van der Waals surface area contributed by atoms with Crippen molar-refractivity contribution >= 4 is 30.6 Å². The Morgan fingerprint density at radius 2 is 1.93 bits per heavy atom. The molecule has 0 amide bonds. The number of hydrogen-bond donors (Lipinski definition) is 3. The Balaban J connectivity index is 0.00000120. The van der Waals surface area contributed by atoms with E-state index in [9.17, 15) is 5.11 Å². The second-order valence-corrected chi connectivity index (χ2v) is 7.20. The number of nitrogens with one attached hydrogen (secondary N) is 2. The summed E-state index contributed by atoms with van der Waals surface area (Å²) in [6.07, 6.45) is 7.80. The van der Waals surface area contributed by atoms with Gasteiger partial charge in [-0.3, -0.25) is 5.10 Å². The van der Waals surface area contributed by atoms with Crippen molar-refractivity contribution < 1.29 is 5.11 Å². The molecule has 1 aliphatic heterocycles. The maximum Gasteiger partial charge on any atom is 0.151 e. The zero-order valence-corrected chi connectivity index (χ0v) is 17.3. The van der Waals surface area contributed by atoms with Crippen LogP contribution >= 0.6 is 24.8 Å². The number of pyridine rings is 1. The van der Waals surface area contributed by atoms with Gasteiger partial charge in [0.2, 0.25) is 0 Å². The van der Waals surface area contributed by atoms with E-state index < -0.39 is 0 Å². The smallest absolute Gasteiger partial charge is 0.151 e. The number of rotatable bonds is 4. The molecule has 0 radical (unpaired) electrons. The van der Waals surface area contributed by atoms with Crippen molar-refractivity contribution in [2.45, 2.75) is 18.9 Å². The first-order chi connectivity index (χ1) is 13.3. The maximum absolute atomic E-state index is 10.4. The van der Waals surface area contributed by atoms with E-state index in [-0.39, 0.29) is 30.6 Å². The normalized spacial score (nSPS) is 18.6. The molecule has 10 heteroatoms. The van der Waals surface area contributed by atoms with E-state index in [0.717, 1.165) is 42.5 Å². The van der Waals surface area contributed by atoms with E-state index in [0.29, 0.717) is 17.4 Å². The minimum atomic E-state index is 0. The highest BCUT2D eigenvalue weighted by molar-refractivity contribution is 5.85. The van der Waals surface area contributed by atoms with Crippen molar-refractivity contribution in [2.75, 3.05) is 24.5 Å². The average molecular weight is 436 g/mol. The van der Waals surface area contributed by atoms with Crippen LogP contribution in [0.3, 0.4) is 0 Å². The summed E-state index contributed by atoms with van der Waals surface area (Å²) < 4.78 is 0. The molecule has 154 valence electrons. The fourth-order valence-electron chi connectivity index (χ4n) is 3.64. The molecule has 1 saturated heterocycles. The molecule has 5 rings (SSSR count). The number of nitrogens with zero attached hydrogens (tertiary/aromatic N) is 5. The van der Waals surface area contributed by atoms with Gasteiger partial charge in [0, 0.05) is 49.2 Å². The second-order valence-electron chi connectivity index (χ2n) is 7.20. The molecule has 8 nitrogen and oxygen atoms in total. The lowest BCUT2D eigenvalue weighted by molar-refractivity contribution is 0.416. The molecule has 1 atom stereocenters. The van der Waals surface area contributed by atoms with Crippen LogP contribution in [0.5, 0.6) is 5.75 Å². The zero-order chi connectivity index (χ0) is 18.2. The number of piperazine rings is 1. The molecule has 4 heterocycles. The average Bonchev–Trinajstić information content (AvgIpc) is 3.42. The van der Waals surface area contributed by atoms with Crippen molar-refractivity contribution in [3.8, 4) is 28.3 Å². The minimum Gasteiger partial charge on any atom is -0.506 e. The van der Waals surface area contributed by atoms with E-state index in [1.807, 2.05) is 12.1 Å². The Bertz CT molecular complexity index is 932. The van der Waals surface area contributed by atoms with Crippen LogP contribution in [0, 0.1) is 5.92 Å². The van der Waals surface area contributed by atoms with Gasteiger partial charge in [-0.15, -0.1) is 35.0 Å². The molecular weight excluding hydrogens is 413 g/mol. The van der Waals surface area contributed by atoms with E-state index in [4.69, 9.17) is 0 Å².